The lowest BCUT2D eigenvalue weighted by molar-refractivity contribution is -0.112. The number of nitrogens with one attached hydrogen (secondary N) is 1. The molecule has 9 nitrogen and oxygen atoms in total. The SMILES string of the molecule is Cc1csc(NC(=O)C(C#N)=Cc2ccc(OCc3cc(=O)n4nc(C)sc4n3)cc2)n1. The summed E-state index contributed by atoms with van der Waals surface area (Å²) in [6.45, 7) is 3.76. The van der Waals surface area contributed by atoms with Gasteiger partial charge in [0.1, 0.15) is 29.0 Å². The lowest BCUT2D eigenvalue weighted by Crippen LogP contribution is -2.16. The fourth-order valence-electron chi connectivity index (χ4n) is 2.73. The maximum absolute atomic E-state index is 12.3. The fraction of sp³-hybridized carbons (Fsp3) is 0.143. The molecule has 0 bridgehead atoms. The van der Waals surface area contributed by atoms with Crippen LogP contribution in [0.4, 0.5) is 5.13 Å². The summed E-state index contributed by atoms with van der Waals surface area (Å²) in [5.74, 6) is 0.0408. The van der Waals surface area contributed by atoms with E-state index in [4.69, 9.17) is 4.74 Å². The fourth-order valence-corrected chi connectivity index (χ4v) is 4.18. The maximum atomic E-state index is 12.3. The molecule has 0 saturated carbocycles. The minimum absolute atomic E-state index is 0.0376. The molecule has 0 aliphatic carbocycles. The molecule has 160 valence electrons. The van der Waals surface area contributed by atoms with Gasteiger partial charge in [-0.1, -0.05) is 23.5 Å². The van der Waals surface area contributed by atoms with Gasteiger partial charge in [-0.3, -0.25) is 14.9 Å². The van der Waals surface area contributed by atoms with Gasteiger partial charge >= 0.3 is 0 Å². The second-order valence-corrected chi connectivity index (χ2v) is 8.70. The molecule has 0 aliphatic rings. The number of rotatable bonds is 6. The number of fused-ring (bicyclic) bond motifs is 1. The van der Waals surface area contributed by atoms with Gasteiger partial charge in [0, 0.05) is 11.4 Å². The van der Waals surface area contributed by atoms with E-state index in [1.165, 1.54) is 39.3 Å². The van der Waals surface area contributed by atoms with Gasteiger partial charge in [-0.2, -0.15) is 14.9 Å². The number of nitrogens with zero attached hydrogens (tertiary/aromatic N) is 5. The zero-order valence-corrected chi connectivity index (χ0v) is 18.7. The highest BCUT2D eigenvalue weighted by atomic mass is 32.1. The van der Waals surface area contributed by atoms with E-state index in [1.54, 1.807) is 24.3 Å². The number of nitriles is 1. The first kappa shape index (κ1) is 21.4. The first-order valence-corrected chi connectivity index (χ1v) is 11.1. The summed E-state index contributed by atoms with van der Waals surface area (Å²) in [6, 6.07) is 10.2. The number of benzene rings is 1. The summed E-state index contributed by atoms with van der Waals surface area (Å²) in [5.41, 5.74) is 1.67. The molecular formula is C21H16N6O3S2. The third kappa shape index (κ3) is 4.88. The van der Waals surface area contributed by atoms with Crippen molar-refractivity contribution in [1.29, 1.82) is 5.26 Å². The Labute approximate surface area is 190 Å². The van der Waals surface area contributed by atoms with E-state index in [0.717, 1.165) is 10.7 Å². The van der Waals surface area contributed by atoms with Gasteiger partial charge in [0.15, 0.2) is 5.13 Å². The minimum atomic E-state index is -0.520. The van der Waals surface area contributed by atoms with Crippen LogP contribution in [0.5, 0.6) is 5.75 Å². The van der Waals surface area contributed by atoms with E-state index in [1.807, 2.05) is 25.3 Å². The molecule has 1 aromatic carbocycles. The van der Waals surface area contributed by atoms with Gasteiger partial charge in [0.2, 0.25) is 4.96 Å². The van der Waals surface area contributed by atoms with Crippen molar-refractivity contribution in [2.75, 3.05) is 5.32 Å². The van der Waals surface area contributed by atoms with Crippen LogP contribution in [-0.4, -0.2) is 25.5 Å². The zero-order valence-electron chi connectivity index (χ0n) is 17.0. The summed E-state index contributed by atoms with van der Waals surface area (Å²) in [7, 11) is 0. The highest BCUT2D eigenvalue weighted by molar-refractivity contribution is 7.16. The molecule has 0 fully saturated rings. The Morgan fingerprint density at radius 2 is 2.06 bits per heavy atom. The van der Waals surface area contributed by atoms with E-state index in [-0.39, 0.29) is 17.7 Å². The Hall–Kier alpha value is -3.88. The van der Waals surface area contributed by atoms with Crippen molar-refractivity contribution in [2.45, 2.75) is 20.5 Å². The number of aryl methyl sites for hydroxylation is 2. The van der Waals surface area contributed by atoms with Crippen LogP contribution < -0.4 is 15.6 Å². The molecule has 0 radical (unpaired) electrons. The normalized spacial score (nSPS) is 11.3. The quantitative estimate of drug-likeness (QED) is 0.343. The maximum Gasteiger partial charge on any atom is 0.275 e. The highest BCUT2D eigenvalue weighted by Crippen LogP contribution is 2.18. The standard InChI is InChI=1S/C21H16N6O3S2/c1-12-11-31-20(23-12)25-19(29)15(9-22)7-14-3-5-17(6-4-14)30-10-16-8-18(28)27-21(24-16)32-13(2)26-27/h3-8,11H,10H2,1-2H3,(H,23,25,29). The molecule has 11 heteroatoms. The van der Waals surface area contributed by atoms with Crippen molar-refractivity contribution in [3.05, 3.63) is 73.6 Å². The lowest BCUT2D eigenvalue weighted by atomic mass is 10.1. The summed E-state index contributed by atoms with van der Waals surface area (Å²) >= 11 is 2.63. The van der Waals surface area contributed by atoms with Gasteiger partial charge < -0.3 is 4.74 Å². The van der Waals surface area contributed by atoms with Gasteiger partial charge in [0.05, 0.1) is 11.4 Å². The molecule has 32 heavy (non-hydrogen) atoms. The monoisotopic (exact) mass is 464 g/mol. The number of hydrogen-bond donors (Lipinski definition) is 1. The van der Waals surface area contributed by atoms with Crippen LogP contribution in [0.1, 0.15) is 22.0 Å². The summed E-state index contributed by atoms with van der Waals surface area (Å²) in [5, 5.41) is 19.1. The Balaban J connectivity index is 1.42. The summed E-state index contributed by atoms with van der Waals surface area (Å²) < 4.78 is 6.99. The van der Waals surface area contributed by atoms with Crippen molar-refractivity contribution in [1.82, 2.24) is 19.6 Å². The molecular weight excluding hydrogens is 448 g/mol. The first-order chi connectivity index (χ1) is 15.4. The number of amides is 1. The van der Waals surface area contributed by atoms with Crippen LogP contribution in [0.15, 0.2) is 46.1 Å². The van der Waals surface area contributed by atoms with Crippen molar-refractivity contribution in [3.8, 4) is 11.8 Å². The van der Waals surface area contributed by atoms with Crippen LogP contribution in [0.2, 0.25) is 0 Å². The number of aromatic nitrogens is 4. The highest BCUT2D eigenvalue weighted by Gasteiger charge is 2.12. The molecule has 0 atom stereocenters. The summed E-state index contributed by atoms with van der Waals surface area (Å²) in [6.07, 6.45) is 1.49. The van der Waals surface area contributed by atoms with Crippen LogP contribution in [0, 0.1) is 25.2 Å². The van der Waals surface area contributed by atoms with Crippen LogP contribution >= 0.6 is 22.7 Å². The average Bonchev–Trinajstić information content (AvgIpc) is 3.35. The Bertz CT molecular complexity index is 1430. The van der Waals surface area contributed by atoms with Crippen molar-refractivity contribution in [2.24, 2.45) is 0 Å². The van der Waals surface area contributed by atoms with Crippen LogP contribution in [-0.2, 0) is 11.4 Å². The van der Waals surface area contributed by atoms with E-state index in [9.17, 15) is 14.9 Å². The molecule has 4 aromatic rings. The Morgan fingerprint density at radius 3 is 2.75 bits per heavy atom. The number of hydrogen-bond acceptors (Lipinski definition) is 9. The number of carbonyl (C=O) groups is 1. The lowest BCUT2D eigenvalue weighted by Gasteiger charge is -2.06. The van der Waals surface area contributed by atoms with Gasteiger partial charge in [-0.15, -0.1) is 11.3 Å². The van der Waals surface area contributed by atoms with E-state index in [2.05, 4.69) is 20.4 Å². The third-order valence-corrected chi connectivity index (χ3v) is 5.88. The van der Waals surface area contributed by atoms with Gasteiger partial charge in [-0.25, -0.2) is 9.97 Å². The van der Waals surface area contributed by atoms with Crippen LogP contribution in [0.25, 0.3) is 11.0 Å². The first-order valence-electron chi connectivity index (χ1n) is 9.36. The van der Waals surface area contributed by atoms with Crippen LogP contribution in [0.3, 0.4) is 0 Å². The second kappa shape index (κ2) is 9.09. The zero-order chi connectivity index (χ0) is 22.7. The topological polar surface area (TPSA) is 122 Å². The molecule has 4 rings (SSSR count). The number of thiazole rings is 1. The molecule has 3 heterocycles. The molecule has 0 spiro atoms. The van der Waals surface area contributed by atoms with E-state index < -0.39 is 5.91 Å². The van der Waals surface area contributed by atoms with E-state index >= 15 is 0 Å². The molecule has 3 aromatic heterocycles. The van der Waals surface area contributed by atoms with Crippen molar-refractivity contribution >= 4 is 44.7 Å². The smallest absolute Gasteiger partial charge is 0.275 e. The van der Waals surface area contributed by atoms with Gasteiger partial charge in [0.25, 0.3) is 11.5 Å². The Morgan fingerprint density at radius 1 is 1.28 bits per heavy atom. The molecule has 0 unspecified atom stereocenters. The number of anilines is 1. The Kier molecular flexibility index (Phi) is 6.07. The number of ether oxygens (including phenoxy) is 1. The average molecular weight is 465 g/mol. The second-order valence-electron chi connectivity index (χ2n) is 6.68. The number of carbonyl (C=O) groups excluding carboxylic acids is 1. The largest absolute Gasteiger partial charge is 0.487 e. The summed E-state index contributed by atoms with van der Waals surface area (Å²) in [4.78, 5) is 33.5. The minimum Gasteiger partial charge on any atom is -0.487 e. The molecule has 1 N–H and O–H groups in total. The molecule has 1 amide bonds. The van der Waals surface area contributed by atoms with Crippen molar-refractivity contribution in [3.63, 3.8) is 0 Å². The molecule has 0 saturated heterocycles. The predicted octanol–water partition coefficient (Wildman–Crippen LogP) is 3.35. The third-order valence-electron chi connectivity index (χ3n) is 4.18. The molecule has 0 aliphatic heterocycles. The van der Waals surface area contributed by atoms with Crippen molar-refractivity contribution < 1.29 is 9.53 Å². The predicted molar refractivity (Wildman–Crippen MR) is 122 cm³/mol. The van der Waals surface area contributed by atoms with E-state index in [0.29, 0.717) is 27.1 Å². The van der Waals surface area contributed by atoms with Gasteiger partial charge in [-0.05, 0) is 37.6 Å².